The second-order valence-corrected chi connectivity index (χ2v) is 9.74. The number of rotatable bonds is 7. The first-order valence-corrected chi connectivity index (χ1v) is 11.6. The number of pyridine rings is 1. The van der Waals surface area contributed by atoms with E-state index in [1.807, 2.05) is 19.1 Å². The van der Waals surface area contributed by atoms with Gasteiger partial charge < -0.3 is 4.90 Å². The van der Waals surface area contributed by atoms with Gasteiger partial charge in [-0.15, -0.1) is 0 Å². The van der Waals surface area contributed by atoms with Crippen LogP contribution in [0.25, 0.3) is 0 Å². The number of hydrogen-bond acceptors (Lipinski definition) is 6. The number of nitro benzene ring substituents is 1. The summed E-state index contributed by atoms with van der Waals surface area (Å²) in [7, 11) is -2.10. The van der Waals surface area contributed by atoms with E-state index in [9.17, 15) is 18.5 Å². The molecule has 0 bridgehead atoms. The maximum absolute atomic E-state index is 12.8. The second-order valence-electron chi connectivity index (χ2n) is 8.03. The second kappa shape index (κ2) is 9.09. The molecular formula is C21H28N4O4S. The molecule has 1 aromatic carbocycles. The summed E-state index contributed by atoms with van der Waals surface area (Å²) in [5.74, 6) is 0.600. The van der Waals surface area contributed by atoms with Gasteiger partial charge in [-0.2, -0.15) is 0 Å². The summed E-state index contributed by atoms with van der Waals surface area (Å²) in [6.07, 6.45) is 5.18. The first-order valence-electron chi connectivity index (χ1n) is 10.1. The summed E-state index contributed by atoms with van der Waals surface area (Å²) in [6.45, 7) is 4.05. The minimum atomic E-state index is -3.83. The normalized spacial score (nSPS) is 20.5. The first kappa shape index (κ1) is 22.2. The van der Waals surface area contributed by atoms with Gasteiger partial charge in [0.05, 0.1) is 21.6 Å². The Morgan fingerprint density at radius 3 is 2.50 bits per heavy atom. The van der Waals surface area contributed by atoms with Crippen molar-refractivity contribution in [1.82, 2.24) is 9.71 Å². The highest BCUT2D eigenvalue weighted by molar-refractivity contribution is 7.89. The van der Waals surface area contributed by atoms with Crippen molar-refractivity contribution < 1.29 is 13.3 Å². The summed E-state index contributed by atoms with van der Waals surface area (Å²) in [5, 5.41) is 11.7. The molecule has 1 unspecified atom stereocenters. The third-order valence-electron chi connectivity index (χ3n) is 5.87. The molecule has 0 amide bonds. The Hall–Kier alpha value is -2.52. The fraction of sp³-hybridized carbons (Fsp3) is 0.476. The van der Waals surface area contributed by atoms with Gasteiger partial charge in [0.2, 0.25) is 10.0 Å². The molecule has 1 aliphatic rings. The standard InChI is InChI=1S/C21H28N4O4S/c1-15-7-9-17(10-8-15)23-30(28,29)18-11-12-20(21(14-18)25(26)27)24(3)16(2)19-6-4-5-13-22-19/h4-6,11-17,23H,7-10H2,1-3H3. The van der Waals surface area contributed by atoms with Crippen LogP contribution in [0.15, 0.2) is 47.5 Å². The molecule has 0 spiro atoms. The molecule has 9 heteroatoms. The average Bonchev–Trinajstić information content (AvgIpc) is 2.74. The predicted molar refractivity (Wildman–Crippen MR) is 116 cm³/mol. The van der Waals surface area contributed by atoms with Gasteiger partial charge in [0.25, 0.3) is 5.69 Å². The topological polar surface area (TPSA) is 105 Å². The third-order valence-corrected chi connectivity index (χ3v) is 7.39. The van der Waals surface area contributed by atoms with Crippen LogP contribution in [0.3, 0.4) is 0 Å². The smallest absolute Gasteiger partial charge is 0.293 e. The first-order chi connectivity index (χ1) is 14.2. The fourth-order valence-corrected chi connectivity index (χ4v) is 5.13. The van der Waals surface area contributed by atoms with Crippen molar-refractivity contribution in [2.24, 2.45) is 5.92 Å². The SMILES string of the molecule is CC1CCC(NS(=O)(=O)c2ccc(N(C)C(C)c3ccccn3)c([N+](=O)[O-])c2)CC1. The van der Waals surface area contributed by atoms with Crippen molar-refractivity contribution in [3.8, 4) is 0 Å². The van der Waals surface area contributed by atoms with Gasteiger partial charge in [-0.25, -0.2) is 13.1 Å². The van der Waals surface area contributed by atoms with Crippen LogP contribution in [0.1, 0.15) is 51.3 Å². The van der Waals surface area contributed by atoms with Crippen LogP contribution in [0.2, 0.25) is 0 Å². The van der Waals surface area contributed by atoms with E-state index >= 15 is 0 Å². The largest absolute Gasteiger partial charge is 0.361 e. The lowest BCUT2D eigenvalue weighted by atomic mass is 9.88. The molecule has 1 saturated carbocycles. The van der Waals surface area contributed by atoms with Crippen LogP contribution in [0.4, 0.5) is 11.4 Å². The van der Waals surface area contributed by atoms with Crippen molar-refractivity contribution in [2.45, 2.75) is 56.5 Å². The van der Waals surface area contributed by atoms with Crippen molar-refractivity contribution >= 4 is 21.4 Å². The summed E-state index contributed by atoms with van der Waals surface area (Å²) in [5.41, 5.74) is 0.850. The van der Waals surface area contributed by atoms with Crippen LogP contribution in [-0.4, -0.2) is 31.4 Å². The molecule has 1 aromatic heterocycles. The number of nitrogens with one attached hydrogen (secondary N) is 1. The molecule has 1 aliphatic carbocycles. The van der Waals surface area contributed by atoms with Gasteiger partial charge in [-0.1, -0.05) is 13.0 Å². The van der Waals surface area contributed by atoms with Gasteiger partial charge in [0, 0.05) is 25.4 Å². The molecule has 1 heterocycles. The van der Waals surface area contributed by atoms with Crippen LogP contribution < -0.4 is 9.62 Å². The van der Waals surface area contributed by atoms with Crippen LogP contribution in [0, 0.1) is 16.0 Å². The Labute approximate surface area is 177 Å². The summed E-state index contributed by atoms with van der Waals surface area (Å²) >= 11 is 0. The van der Waals surface area contributed by atoms with E-state index in [-0.39, 0.29) is 22.7 Å². The molecule has 0 saturated heterocycles. The third kappa shape index (κ3) is 4.96. The number of hydrogen-bond donors (Lipinski definition) is 1. The van der Waals surface area contributed by atoms with E-state index in [1.165, 1.54) is 12.1 Å². The fourth-order valence-electron chi connectivity index (χ4n) is 3.81. The zero-order chi connectivity index (χ0) is 21.9. The lowest BCUT2D eigenvalue weighted by Crippen LogP contribution is -2.37. The molecule has 3 rings (SSSR count). The van der Waals surface area contributed by atoms with Crippen LogP contribution in [-0.2, 0) is 10.0 Å². The Morgan fingerprint density at radius 1 is 1.20 bits per heavy atom. The number of nitrogens with zero attached hydrogens (tertiary/aromatic N) is 3. The van der Waals surface area contributed by atoms with Crippen molar-refractivity contribution in [1.29, 1.82) is 0 Å². The lowest BCUT2D eigenvalue weighted by molar-refractivity contribution is -0.384. The quantitative estimate of drug-likeness (QED) is 0.523. The maximum atomic E-state index is 12.8. The molecule has 1 atom stereocenters. The van der Waals surface area contributed by atoms with Crippen LogP contribution in [0.5, 0.6) is 0 Å². The number of nitro groups is 1. The van der Waals surface area contributed by atoms with E-state index in [2.05, 4.69) is 16.6 Å². The zero-order valence-electron chi connectivity index (χ0n) is 17.5. The van der Waals surface area contributed by atoms with Crippen molar-refractivity contribution in [3.63, 3.8) is 0 Å². The molecular weight excluding hydrogens is 404 g/mol. The van der Waals surface area contributed by atoms with Gasteiger partial charge in [0.1, 0.15) is 5.69 Å². The van der Waals surface area contributed by atoms with Crippen molar-refractivity contribution in [3.05, 3.63) is 58.4 Å². The summed E-state index contributed by atoms with van der Waals surface area (Å²) in [6, 6.07) is 9.22. The van der Waals surface area contributed by atoms with Crippen LogP contribution >= 0.6 is 0 Å². The Bertz CT molecular complexity index is 989. The van der Waals surface area contributed by atoms with E-state index in [0.29, 0.717) is 11.6 Å². The highest BCUT2D eigenvalue weighted by atomic mass is 32.2. The predicted octanol–water partition coefficient (Wildman–Crippen LogP) is 4.04. The molecule has 162 valence electrons. The number of benzene rings is 1. The monoisotopic (exact) mass is 432 g/mol. The van der Waals surface area contributed by atoms with E-state index in [1.54, 1.807) is 24.2 Å². The Balaban J connectivity index is 1.87. The minimum absolute atomic E-state index is 0.0875. The maximum Gasteiger partial charge on any atom is 0.293 e. The Kier molecular flexibility index (Phi) is 6.72. The molecule has 0 radical (unpaired) electrons. The van der Waals surface area contributed by atoms with Gasteiger partial charge in [0.15, 0.2) is 0 Å². The van der Waals surface area contributed by atoms with E-state index in [4.69, 9.17) is 0 Å². The number of anilines is 1. The van der Waals surface area contributed by atoms with E-state index in [0.717, 1.165) is 37.4 Å². The van der Waals surface area contributed by atoms with Crippen molar-refractivity contribution in [2.75, 3.05) is 11.9 Å². The van der Waals surface area contributed by atoms with Gasteiger partial charge in [-0.05, 0) is 62.8 Å². The minimum Gasteiger partial charge on any atom is -0.361 e. The van der Waals surface area contributed by atoms with E-state index < -0.39 is 14.9 Å². The summed E-state index contributed by atoms with van der Waals surface area (Å²) < 4.78 is 28.4. The molecule has 1 N–H and O–H groups in total. The molecule has 30 heavy (non-hydrogen) atoms. The van der Waals surface area contributed by atoms with Gasteiger partial charge in [-0.3, -0.25) is 15.1 Å². The highest BCUT2D eigenvalue weighted by Gasteiger charge is 2.28. The molecule has 1 fully saturated rings. The Morgan fingerprint density at radius 2 is 1.90 bits per heavy atom. The average molecular weight is 433 g/mol. The number of aromatic nitrogens is 1. The lowest BCUT2D eigenvalue weighted by Gasteiger charge is -2.27. The number of sulfonamides is 1. The summed E-state index contributed by atoms with van der Waals surface area (Å²) in [4.78, 5) is 17.1. The molecule has 2 aromatic rings. The highest BCUT2D eigenvalue weighted by Crippen LogP contribution is 2.34. The molecule has 8 nitrogen and oxygen atoms in total. The van der Waals surface area contributed by atoms with Gasteiger partial charge >= 0.3 is 0 Å². The zero-order valence-corrected chi connectivity index (χ0v) is 18.3. The molecule has 0 aliphatic heterocycles.